The van der Waals surface area contributed by atoms with Gasteiger partial charge in [0.2, 0.25) is 0 Å². The van der Waals surface area contributed by atoms with Crippen molar-refractivity contribution in [3.63, 3.8) is 0 Å². The van der Waals surface area contributed by atoms with Gasteiger partial charge in [-0.3, -0.25) is 9.36 Å². The van der Waals surface area contributed by atoms with Crippen LogP contribution >= 0.6 is 11.3 Å². The zero-order valence-electron chi connectivity index (χ0n) is 15.6. The van der Waals surface area contributed by atoms with Gasteiger partial charge >= 0.3 is 5.69 Å². The van der Waals surface area contributed by atoms with Crippen LogP contribution in [-0.2, 0) is 19.4 Å². The van der Waals surface area contributed by atoms with Gasteiger partial charge in [0.15, 0.2) is 0 Å². The summed E-state index contributed by atoms with van der Waals surface area (Å²) in [5.41, 5.74) is 3.55. The number of rotatable bonds is 3. The normalized spacial score (nSPS) is 13.2. The first-order valence-corrected chi connectivity index (χ1v) is 10.4. The Kier molecular flexibility index (Phi) is 4.05. The molecule has 2 aromatic carbocycles. The van der Waals surface area contributed by atoms with Crippen molar-refractivity contribution in [2.75, 3.05) is 0 Å². The van der Waals surface area contributed by atoms with E-state index in [1.54, 1.807) is 15.9 Å². The van der Waals surface area contributed by atoms with Crippen LogP contribution in [0, 0.1) is 6.92 Å². The highest BCUT2D eigenvalue weighted by Crippen LogP contribution is 2.35. The smallest absolute Gasteiger partial charge is 0.279 e. The van der Waals surface area contributed by atoms with Crippen molar-refractivity contribution in [1.29, 1.82) is 0 Å². The molecule has 1 aliphatic carbocycles. The van der Waals surface area contributed by atoms with Crippen LogP contribution in [-0.4, -0.2) is 9.13 Å². The molecule has 5 rings (SSSR count). The fourth-order valence-corrected chi connectivity index (χ4v) is 5.48. The molecular weight excluding hydrogens is 368 g/mol. The quantitative estimate of drug-likeness (QED) is 0.531. The standard InChI is InChI=1S/C23H20N2O2S/c1-15-8-5-6-9-16(15)14-24-22-20(18-12-7-13-19(18)28-22)21(26)25(23(24)27)17-10-3-2-4-11-17/h2-6,8-11H,7,12-14H2,1H3. The minimum Gasteiger partial charge on any atom is -0.279 e. The van der Waals surface area contributed by atoms with Crippen molar-refractivity contribution in [2.45, 2.75) is 32.7 Å². The van der Waals surface area contributed by atoms with E-state index < -0.39 is 0 Å². The number of hydrogen-bond donors (Lipinski definition) is 0. The van der Waals surface area contributed by atoms with Crippen LogP contribution in [0.2, 0.25) is 0 Å². The molecule has 0 spiro atoms. The van der Waals surface area contributed by atoms with Gasteiger partial charge in [-0.1, -0.05) is 42.5 Å². The highest BCUT2D eigenvalue weighted by atomic mass is 32.1. The topological polar surface area (TPSA) is 44.0 Å². The lowest BCUT2D eigenvalue weighted by atomic mass is 10.1. The molecule has 1 aliphatic rings. The molecule has 0 bridgehead atoms. The molecule has 0 unspecified atom stereocenters. The summed E-state index contributed by atoms with van der Waals surface area (Å²) in [6, 6.07) is 17.3. The Morgan fingerprint density at radius 3 is 2.50 bits per heavy atom. The first-order valence-electron chi connectivity index (χ1n) is 9.55. The van der Waals surface area contributed by atoms with E-state index in [1.807, 2.05) is 48.5 Å². The molecular formula is C23H20N2O2S. The number of para-hydroxylation sites is 1. The average molecular weight is 388 g/mol. The van der Waals surface area contributed by atoms with E-state index in [1.165, 1.54) is 9.44 Å². The summed E-state index contributed by atoms with van der Waals surface area (Å²) in [4.78, 5) is 29.0. The maximum Gasteiger partial charge on any atom is 0.337 e. The van der Waals surface area contributed by atoms with Gasteiger partial charge in [0, 0.05) is 4.88 Å². The minimum atomic E-state index is -0.271. The van der Waals surface area contributed by atoms with Crippen LogP contribution in [0.3, 0.4) is 0 Å². The number of aromatic nitrogens is 2. The Morgan fingerprint density at radius 2 is 1.71 bits per heavy atom. The maximum atomic E-state index is 13.5. The third-order valence-corrected chi connectivity index (χ3v) is 6.91. The number of aryl methyl sites for hydroxylation is 3. The predicted octanol–water partition coefficient (Wildman–Crippen LogP) is 4.06. The van der Waals surface area contributed by atoms with Gasteiger partial charge in [0.25, 0.3) is 5.56 Å². The lowest BCUT2D eigenvalue weighted by Gasteiger charge is -2.14. The van der Waals surface area contributed by atoms with Crippen LogP contribution in [0.4, 0.5) is 0 Å². The Labute approximate surface area is 166 Å². The second-order valence-electron chi connectivity index (χ2n) is 7.31. The molecule has 2 heterocycles. The molecule has 0 saturated carbocycles. The van der Waals surface area contributed by atoms with Crippen molar-refractivity contribution in [3.8, 4) is 5.69 Å². The fraction of sp³-hybridized carbons (Fsp3) is 0.217. The summed E-state index contributed by atoms with van der Waals surface area (Å²) in [5.74, 6) is 0. The lowest BCUT2D eigenvalue weighted by Crippen LogP contribution is -2.39. The predicted molar refractivity (Wildman–Crippen MR) is 114 cm³/mol. The fourth-order valence-electron chi connectivity index (χ4n) is 4.11. The Bertz CT molecular complexity index is 1310. The van der Waals surface area contributed by atoms with Crippen molar-refractivity contribution in [1.82, 2.24) is 9.13 Å². The van der Waals surface area contributed by atoms with Gasteiger partial charge in [0.05, 0.1) is 17.6 Å². The van der Waals surface area contributed by atoms with Crippen LogP contribution in [0.5, 0.6) is 0 Å². The highest BCUT2D eigenvalue weighted by molar-refractivity contribution is 7.18. The van der Waals surface area contributed by atoms with E-state index in [0.717, 1.165) is 46.2 Å². The van der Waals surface area contributed by atoms with Crippen LogP contribution in [0.25, 0.3) is 15.9 Å². The maximum absolute atomic E-state index is 13.5. The molecule has 4 nitrogen and oxygen atoms in total. The van der Waals surface area contributed by atoms with E-state index in [0.29, 0.717) is 12.2 Å². The molecule has 0 N–H and O–H groups in total. The van der Waals surface area contributed by atoms with Crippen molar-refractivity contribution in [3.05, 3.63) is 97.0 Å². The Hall–Kier alpha value is -2.92. The molecule has 0 amide bonds. The molecule has 4 aromatic rings. The Morgan fingerprint density at radius 1 is 0.964 bits per heavy atom. The third kappa shape index (κ3) is 2.58. The van der Waals surface area contributed by atoms with E-state index in [4.69, 9.17) is 0 Å². The molecule has 140 valence electrons. The molecule has 28 heavy (non-hydrogen) atoms. The number of thiophene rings is 1. The van der Waals surface area contributed by atoms with Crippen LogP contribution in [0.15, 0.2) is 64.2 Å². The summed E-state index contributed by atoms with van der Waals surface area (Å²) in [5, 5.41) is 0.731. The van der Waals surface area contributed by atoms with Gasteiger partial charge in [0.1, 0.15) is 4.83 Å². The van der Waals surface area contributed by atoms with Crippen molar-refractivity contribution in [2.24, 2.45) is 0 Å². The molecule has 0 radical (unpaired) electrons. The van der Waals surface area contributed by atoms with Crippen molar-refractivity contribution < 1.29 is 0 Å². The van der Waals surface area contributed by atoms with Gasteiger partial charge < -0.3 is 0 Å². The molecule has 0 aliphatic heterocycles. The van der Waals surface area contributed by atoms with E-state index in [-0.39, 0.29) is 11.2 Å². The zero-order valence-corrected chi connectivity index (χ0v) is 16.5. The van der Waals surface area contributed by atoms with Gasteiger partial charge in [-0.25, -0.2) is 9.36 Å². The summed E-state index contributed by atoms with van der Waals surface area (Å²) in [7, 11) is 0. The van der Waals surface area contributed by atoms with Gasteiger partial charge in [-0.15, -0.1) is 11.3 Å². The first kappa shape index (κ1) is 17.2. The van der Waals surface area contributed by atoms with E-state index >= 15 is 0 Å². The largest absolute Gasteiger partial charge is 0.337 e. The lowest BCUT2D eigenvalue weighted by molar-refractivity contribution is 0.716. The van der Waals surface area contributed by atoms with Crippen molar-refractivity contribution >= 4 is 21.6 Å². The van der Waals surface area contributed by atoms with Gasteiger partial charge in [-0.2, -0.15) is 0 Å². The van der Waals surface area contributed by atoms with E-state index in [9.17, 15) is 9.59 Å². The zero-order chi connectivity index (χ0) is 19.3. The number of benzene rings is 2. The molecule has 0 saturated heterocycles. The van der Waals surface area contributed by atoms with Crippen LogP contribution in [0.1, 0.15) is 28.0 Å². The monoisotopic (exact) mass is 388 g/mol. The van der Waals surface area contributed by atoms with E-state index in [2.05, 4.69) is 13.0 Å². The number of fused-ring (bicyclic) bond motifs is 3. The molecule has 0 atom stereocenters. The second kappa shape index (κ2) is 6.60. The first-order chi connectivity index (χ1) is 13.6. The SMILES string of the molecule is Cc1ccccc1Cn1c(=O)n(-c2ccccc2)c(=O)c2c3c(sc21)CCC3. The number of nitrogens with zero attached hydrogens (tertiary/aromatic N) is 2. The molecule has 2 aromatic heterocycles. The Balaban J connectivity index is 1.85. The second-order valence-corrected chi connectivity index (χ2v) is 8.39. The summed E-state index contributed by atoms with van der Waals surface area (Å²) in [6.07, 6.45) is 3.00. The highest BCUT2D eigenvalue weighted by Gasteiger charge is 2.25. The van der Waals surface area contributed by atoms with Crippen LogP contribution < -0.4 is 11.2 Å². The average Bonchev–Trinajstić information content (AvgIpc) is 3.28. The van der Waals surface area contributed by atoms with Gasteiger partial charge in [-0.05, 0) is 55.0 Å². The summed E-state index contributed by atoms with van der Waals surface area (Å²) < 4.78 is 3.13. The minimum absolute atomic E-state index is 0.188. The summed E-state index contributed by atoms with van der Waals surface area (Å²) in [6.45, 7) is 2.52. The molecule has 5 heteroatoms. The third-order valence-electron chi connectivity index (χ3n) is 5.59. The number of hydrogen-bond acceptors (Lipinski definition) is 3. The molecule has 0 fully saturated rings. The summed E-state index contributed by atoms with van der Waals surface area (Å²) >= 11 is 1.62.